The van der Waals surface area contributed by atoms with Gasteiger partial charge in [-0.05, 0) is 13.3 Å². The van der Waals surface area contributed by atoms with E-state index in [4.69, 9.17) is 16.3 Å². The van der Waals surface area contributed by atoms with Crippen molar-refractivity contribution in [1.82, 2.24) is 9.97 Å². The molecule has 1 unspecified atom stereocenters. The van der Waals surface area contributed by atoms with E-state index in [-0.39, 0.29) is 12.0 Å². The molecule has 0 N–H and O–H groups in total. The van der Waals surface area contributed by atoms with Gasteiger partial charge in [0.25, 0.3) is 0 Å². The zero-order chi connectivity index (χ0) is 12.1. The van der Waals surface area contributed by atoms with Crippen LogP contribution in [0.5, 0.6) is 5.88 Å². The van der Waals surface area contributed by atoms with Crippen LogP contribution >= 0.6 is 11.6 Å². The quantitative estimate of drug-likeness (QED) is 0.737. The van der Waals surface area contributed by atoms with Crippen molar-refractivity contribution >= 4 is 11.6 Å². The van der Waals surface area contributed by atoms with E-state index in [0.717, 1.165) is 18.7 Å². The smallest absolute Gasteiger partial charge is 0.218 e. The van der Waals surface area contributed by atoms with Crippen LogP contribution < -0.4 is 4.74 Å². The van der Waals surface area contributed by atoms with Crippen LogP contribution in [0.1, 0.15) is 52.3 Å². The minimum atomic E-state index is 0.163. The number of hydrogen-bond donors (Lipinski definition) is 0. The van der Waals surface area contributed by atoms with E-state index in [2.05, 4.69) is 16.9 Å². The van der Waals surface area contributed by atoms with Gasteiger partial charge in [0.15, 0.2) is 0 Å². The topological polar surface area (TPSA) is 35.0 Å². The number of hydrogen-bond acceptors (Lipinski definition) is 3. The van der Waals surface area contributed by atoms with Crippen LogP contribution in [0.15, 0.2) is 6.07 Å². The molecule has 0 spiro atoms. The summed E-state index contributed by atoms with van der Waals surface area (Å²) in [6, 6.07) is 1.67. The van der Waals surface area contributed by atoms with Crippen molar-refractivity contribution in [2.45, 2.75) is 52.6 Å². The Balaban J connectivity index is 2.80. The van der Waals surface area contributed by atoms with Gasteiger partial charge >= 0.3 is 0 Å². The molecule has 90 valence electrons. The third-order valence-corrected chi connectivity index (χ3v) is 2.42. The molecular formula is C12H19ClN2O. The Morgan fingerprint density at radius 1 is 1.31 bits per heavy atom. The molecule has 1 atom stereocenters. The molecule has 0 bridgehead atoms. The average molecular weight is 243 g/mol. The lowest BCUT2D eigenvalue weighted by Gasteiger charge is -2.14. The summed E-state index contributed by atoms with van der Waals surface area (Å²) in [5, 5.41) is 0.442. The summed E-state index contributed by atoms with van der Waals surface area (Å²) in [5.74, 6) is 1.55. The number of ether oxygens (including phenoxy) is 1. The first-order chi connectivity index (χ1) is 7.52. The maximum atomic E-state index is 5.92. The third kappa shape index (κ3) is 3.97. The van der Waals surface area contributed by atoms with Gasteiger partial charge < -0.3 is 4.74 Å². The fourth-order valence-corrected chi connectivity index (χ4v) is 1.58. The Bertz CT molecular complexity index is 342. The summed E-state index contributed by atoms with van der Waals surface area (Å²) in [6.07, 6.45) is 2.27. The van der Waals surface area contributed by atoms with Gasteiger partial charge in [-0.2, -0.15) is 4.98 Å². The zero-order valence-corrected chi connectivity index (χ0v) is 11.1. The zero-order valence-electron chi connectivity index (χ0n) is 10.3. The van der Waals surface area contributed by atoms with Crippen LogP contribution in [0, 0.1) is 0 Å². The summed E-state index contributed by atoms with van der Waals surface area (Å²) < 4.78 is 5.69. The van der Waals surface area contributed by atoms with Crippen molar-refractivity contribution in [1.29, 1.82) is 0 Å². The van der Waals surface area contributed by atoms with E-state index in [0.29, 0.717) is 11.0 Å². The predicted octanol–water partition coefficient (Wildman–Crippen LogP) is 3.82. The highest BCUT2D eigenvalue weighted by Gasteiger charge is 2.10. The minimum absolute atomic E-state index is 0.163. The molecule has 0 aliphatic rings. The molecule has 4 heteroatoms. The molecule has 1 rings (SSSR count). The number of aromatic nitrogens is 2. The van der Waals surface area contributed by atoms with Crippen LogP contribution in [0.25, 0.3) is 0 Å². The van der Waals surface area contributed by atoms with E-state index < -0.39 is 0 Å². The van der Waals surface area contributed by atoms with Gasteiger partial charge in [0.1, 0.15) is 11.0 Å². The van der Waals surface area contributed by atoms with Crippen molar-refractivity contribution in [3.8, 4) is 5.88 Å². The Morgan fingerprint density at radius 3 is 2.56 bits per heavy atom. The average Bonchev–Trinajstić information content (AvgIpc) is 2.16. The molecule has 0 fully saturated rings. The van der Waals surface area contributed by atoms with Gasteiger partial charge in [-0.25, -0.2) is 4.98 Å². The Morgan fingerprint density at radius 2 is 2.00 bits per heavy atom. The first-order valence-electron chi connectivity index (χ1n) is 5.74. The van der Waals surface area contributed by atoms with Gasteiger partial charge in [0.05, 0.1) is 6.10 Å². The molecule has 1 aromatic heterocycles. The van der Waals surface area contributed by atoms with Crippen LogP contribution in [0.3, 0.4) is 0 Å². The summed E-state index contributed by atoms with van der Waals surface area (Å²) in [6.45, 7) is 8.23. The monoisotopic (exact) mass is 242 g/mol. The molecule has 0 amide bonds. The summed E-state index contributed by atoms with van der Waals surface area (Å²) in [4.78, 5) is 8.50. The predicted molar refractivity (Wildman–Crippen MR) is 66.1 cm³/mol. The van der Waals surface area contributed by atoms with Crippen molar-refractivity contribution in [2.24, 2.45) is 0 Å². The van der Waals surface area contributed by atoms with Gasteiger partial charge in [-0.1, -0.05) is 38.8 Å². The van der Waals surface area contributed by atoms with Crippen LogP contribution in [-0.2, 0) is 0 Å². The molecule has 0 saturated heterocycles. The van der Waals surface area contributed by atoms with Gasteiger partial charge in [-0.15, -0.1) is 0 Å². The van der Waals surface area contributed by atoms with Crippen molar-refractivity contribution in [2.75, 3.05) is 0 Å². The molecule has 3 nitrogen and oxygen atoms in total. The maximum Gasteiger partial charge on any atom is 0.218 e. The van der Waals surface area contributed by atoms with E-state index in [1.807, 2.05) is 20.8 Å². The molecule has 1 aromatic rings. The second kappa shape index (κ2) is 6.04. The normalized spacial score (nSPS) is 12.9. The highest BCUT2D eigenvalue weighted by Crippen LogP contribution is 2.19. The van der Waals surface area contributed by atoms with Crippen molar-refractivity contribution in [3.63, 3.8) is 0 Å². The second-order valence-corrected chi connectivity index (χ2v) is 4.65. The van der Waals surface area contributed by atoms with Gasteiger partial charge in [0.2, 0.25) is 5.88 Å². The molecular weight excluding hydrogens is 224 g/mol. The van der Waals surface area contributed by atoms with E-state index in [9.17, 15) is 0 Å². The van der Waals surface area contributed by atoms with Crippen LogP contribution in [0.2, 0.25) is 5.15 Å². The molecule has 0 aliphatic heterocycles. The number of nitrogens with zero attached hydrogens (tertiary/aromatic N) is 2. The lowest BCUT2D eigenvalue weighted by atomic mass is 10.2. The molecule has 0 saturated carbocycles. The molecule has 0 aliphatic carbocycles. The van der Waals surface area contributed by atoms with Crippen molar-refractivity contribution < 1.29 is 4.74 Å². The Kier molecular flexibility index (Phi) is 5.00. The van der Waals surface area contributed by atoms with E-state index in [1.165, 1.54) is 0 Å². The third-order valence-electron chi connectivity index (χ3n) is 2.22. The summed E-state index contributed by atoms with van der Waals surface area (Å²) >= 11 is 5.92. The Labute approximate surface area is 102 Å². The lowest BCUT2D eigenvalue weighted by molar-refractivity contribution is 0.200. The molecule has 0 aromatic carbocycles. The standard InChI is InChI=1S/C12H19ClN2O/c1-5-6-9(4)16-11-7-10(13)14-12(15-11)8(2)3/h7-9H,5-6H2,1-4H3. The van der Waals surface area contributed by atoms with E-state index in [1.54, 1.807) is 6.07 Å². The highest BCUT2D eigenvalue weighted by atomic mass is 35.5. The van der Waals surface area contributed by atoms with Crippen LogP contribution in [-0.4, -0.2) is 16.1 Å². The van der Waals surface area contributed by atoms with Crippen LogP contribution in [0.4, 0.5) is 0 Å². The number of halogens is 1. The summed E-state index contributed by atoms with van der Waals surface area (Å²) in [5.41, 5.74) is 0. The summed E-state index contributed by atoms with van der Waals surface area (Å²) in [7, 11) is 0. The maximum absolute atomic E-state index is 5.92. The fourth-order valence-electron chi connectivity index (χ4n) is 1.40. The molecule has 16 heavy (non-hydrogen) atoms. The molecule has 0 radical (unpaired) electrons. The number of rotatable bonds is 5. The first-order valence-corrected chi connectivity index (χ1v) is 6.11. The highest BCUT2D eigenvalue weighted by molar-refractivity contribution is 6.29. The lowest BCUT2D eigenvalue weighted by Crippen LogP contribution is -2.13. The van der Waals surface area contributed by atoms with Gasteiger partial charge in [-0.3, -0.25) is 0 Å². The minimum Gasteiger partial charge on any atom is -0.475 e. The van der Waals surface area contributed by atoms with Gasteiger partial charge in [0, 0.05) is 12.0 Å². The van der Waals surface area contributed by atoms with Crippen molar-refractivity contribution in [3.05, 3.63) is 17.0 Å². The van der Waals surface area contributed by atoms with E-state index >= 15 is 0 Å². The first kappa shape index (κ1) is 13.2. The largest absolute Gasteiger partial charge is 0.475 e. The molecule has 1 heterocycles. The second-order valence-electron chi connectivity index (χ2n) is 4.26. The SMILES string of the molecule is CCCC(C)Oc1cc(Cl)nc(C(C)C)n1. The fraction of sp³-hybridized carbons (Fsp3) is 0.667. The Hall–Kier alpha value is -0.830.